The summed E-state index contributed by atoms with van der Waals surface area (Å²) < 4.78 is 6.48. The molecule has 10 aromatic rings. The van der Waals surface area contributed by atoms with E-state index in [1.54, 1.807) is 0 Å². The average Bonchev–Trinajstić information content (AvgIpc) is 3.91. The minimum absolute atomic E-state index is 0.430. The molecule has 0 amide bonds. The fraction of sp³-hybridized carbons (Fsp3) is 0.0526. The summed E-state index contributed by atoms with van der Waals surface area (Å²) >= 11 is 0. The van der Waals surface area contributed by atoms with Gasteiger partial charge in [-0.1, -0.05) is 158 Å². The third-order valence-electron chi connectivity index (χ3n) is 13.0. The van der Waals surface area contributed by atoms with Gasteiger partial charge in [0.25, 0.3) is 0 Å². The summed E-state index contributed by atoms with van der Waals surface area (Å²) in [5, 5.41) is 2.27. The molecule has 0 radical (unpaired) electrons. The Hall–Kier alpha value is -7.42. The molecule has 0 bridgehead atoms. The zero-order valence-corrected chi connectivity index (χ0v) is 32.9. The second kappa shape index (κ2) is 12.8. The minimum Gasteiger partial charge on any atom is -0.455 e. The minimum atomic E-state index is -0.430. The number of nitrogens with zero attached hydrogens (tertiary/aromatic N) is 1. The first-order chi connectivity index (χ1) is 29.1. The highest BCUT2D eigenvalue weighted by molar-refractivity contribution is 6.09. The SMILES string of the molecule is Cc1ccccc1-c1ccc(N(c2ccc(-c3cccc4c3oc3ccccc34)cc2)c2ccc3c(c2)C2(c4ccccc4-c4ccccc42)c2ccccc2-3)cc1C. The molecular formula is C57H39NO. The van der Waals surface area contributed by atoms with E-state index in [2.05, 4.69) is 213 Å². The van der Waals surface area contributed by atoms with Gasteiger partial charge >= 0.3 is 0 Å². The summed E-state index contributed by atoms with van der Waals surface area (Å²) in [5.74, 6) is 0. The van der Waals surface area contributed by atoms with Crippen LogP contribution in [0.25, 0.3) is 66.4 Å². The highest BCUT2D eigenvalue weighted by Gasteiger charge is 2.51. The molecule has 2 aliphatic rings. The van der Waals surface area contributed by atoms with E-state index in [-0.39, 0.29) is 0 Å². The number of para-hydroxylation sites is 2. The molecule has 0 saturated carbocycles. The molecule has 0 saturated heterocycles. The average molecular weight is 754 g/mol. The van der Waals surface area contributed by atoms with E-state index in [9.17, 15) is 0 Å². The van der Waals surface area contributed by atoms with Crippen LogP contribution in [0.3, 0.4) is 0 Å². The normalized spacial score (nSPS) is 13.1. The Balaban J connectivity index is 1.06. The molecule has 0 aliphatic heterocycles. The standard InChI is InChI=1S/C57H39NO/c1-36-14-3-4-15-42(36)43-32-30-40(34-37(43)2)58(39-28-26-38(27-29-39)44-20-13-21-50-49-19-8-12-25-55(49)59-56(44)50)41-31-33-48-47-18-7-11-24-53(47)57(54(48)35-41)51-22-9-5-16-45(51)46-17-6-10-23-52(46)57/h3-35H,1-2H3. The van der Waals surface area contributed by atoms with E-state index < -0.39 is 5.41 Å². The van der Waals surface area contributed by atoms with E-state index in [1.807, 2.05) is 6.07 Å². The first-order valence-electron chi connectivity index (χ1n) is 20.5. The van der Waals surface area contributed by atoms with Crippen LogP contribution in [0.1, 0.15) is 33.4 Å². The van der Waals surface area contributed by atoms with E-state index in [4.69, 9.17) is 4.42 Å². The first-order valence-corrected chi connectivity index (χ1v) is 20.5. The van der Waals surface area contributed by atoms with E-state index in [1.165, 1.54) is 66.8 Å². The van der Waals surface area contributed by atoms with E-state index >= 15 is 0 Å². The van der Waals surface area contributed by atoms with E-state index in [0.717, 1.165) is 50.1 Å². The maximum Gasteiger partial charge on any atom is 0.143 e. The number of benzene rings is 9. The van der Waals surface area contributed by atoms with Gasteiger partial charge in [-0.25, -0.2) is 0 Å². The molecule has 278 valence electrons. The van der Waals surface area contributed by atoms with Crippen LogP contribution >= 0.6 is 0 Å². The number of furan rings is 1. The fourth-order valence-electron chi connectivity index (χ4n) is 10.4. The maximum atomic E-state index is 6.48. The number of hydrogen-bond acceptors (Lipinski definition) is 2. The Kier molecular flexibility index (Phi) is 7.31. The van der Waals surface area contributed by atoms with Crippen LogP contribution in [0.4, 0.5) is 17.1 Å². The molecule has 0 atom stereocenters. The zero-order chi connectivity index (χ0) is 39.2. The number of hydrogen-bond donors (Lipinski definition) is 0. The Morgan fingerprint density at radius 3 is 1.51 bits per heavy atom. The molecule has 2 heteroatoms. The smallest absolute Gasteiger partial charge is 0.143 e. The van der Waals surface area contributed by atoms with Gasteiger partial charge in [0.15, 0.2) is 0 Å². The highest BCUT2D eigenvalue weighted by Crippen LogP contribution is 2.63. The van der Waals surface area contributed by atoms with Crippen molar-refractivity contribution >= 4 is 39.0 Å². The van der Waals surface area contributed by atoms with Gasteiger partial charge in [-0.15, -0.1) is 0 Å². The zero-order valence-electron chi connectivity index (χ0n) is 32.9. The number of anilines is 3. The molecule has 2 nitrogen and oxygen atoms in total. The van der Waals surface area contributed by atoms with Gasteiger partial charge in [0.1, 0.15) is 11.2 Å². The van der Waals surface area contributed by atoms with Crippen LogP contribution in [0.15, 0.2) is 205 Å². The lowest BCUT2D eigenvalue weighted by Crippen LogP contribution is -2.26. The summed E-state index contributed by atoms with van der Waals surface area (Å²) in [6, 6.07) is 73.6. The molecule has 0 N–H and O–H groups in total. The molecule has 1 aromatic heterocycles. The monoisotopic (exact) mass is 753 g/mol. The largest absolute Gasteiger partial charge is 0.455 e. The summed E-state index contributed by atoms with van der Waals surface area (Å²) in [7, 11) is 0. The molecule has 1 spiro atoms. The van der Waals surface area contributed by atoms with Gasteiger partial charge in [0, 0.05) is 33.4 Å². The van der Waals surface area contributed by atoms with Crippen molar-refractivity contribution in [2.45, 2.75) is 19.3 Å². The fourth-order valence-corrected chi connectivity index (χ4v) is 10.4. The predicted molar refractivity (Wildman–Crippen MR) is 245 cm³/mol. The van der Waals surface area contributed by atoms with Crippen molar-refractivity contribution in [1.29, 1.82) is 0 Å². The quantitative estimate of drug-likeness (QED) is 0.174. The summed E-state index contributed by atoms with van der Waals surface area (Å²) in [6.07, 6.45) is 0. The molecular weight excluding hydrogens is 715 g/mol. The van der Waals surface area contributed by atoms with Gasteiger partial charge < -0.3 is 9.32 Å². The summed E-state index contributed by atoms with van der Waals surface area (Å²) in [5.41, 5.74) is 22.5. The van der Waals surface area contributed by atoms with Crippen LogP contribution in [0.5, 0.6) is 0 Å². The first kappa shape index (κ1) is 33.7. The predicted octanol–water partition coefficient (Wildman–Crippen LogP) is 15.4. The lowest BCUT2D eigenvalue weighted by molar-refractivity contribution is 0.670. The van der Waals surface area contributed by atoms with Crippen LogP contribution in [0.2, 0.25) is 0 Å². The van der Waals surface area contributed by atoms with Crippen LogP contribution in [-0.2, 0) is 5.41 Å². The van der Waals surface area contributed by atoms with Crippen LogP contribution < -0.4 is 4.90 Å². The lowest BCUT2D eigenvalue weighted by Gasteiger charge is -2.32. The van der Waals surface area contributed by atoms with Crippen molar-refractivity contribution in [1.82, 2.24) is 0 Å². The Bertz CT molecular complexity index is 3250. The topological polar surface area (TPSA) is 16.4 Å². The maximum absolute atomic E-state index is 6.48. The summed E-state index contributed by atoms with van der Waals surface area (Å²) in [6.45, 7) is 4.43. The third kappa shape index (κ3) is 4.81. The highest BCUT2D eigenvalue weighted by atomic mass is 16.3. The van der Waals surface area contributed by atoms with Crippen molar-refractivity contribution < 1.29 is 4.42 Å². The number of aryl methyl sites for hydroxylation is 2. The van der Waals surface area contributed by atoms with E-state index in [0.29, 0.717) is 0 Å². The van der Waals surface area contributed by atoms with Gasteiger partial charge in [-0.05, 0) is 129 Å². The molecule has 0 unspecified atom stereocenters. The molecule has 59 heavy (non-hydrogen) atoms. The third-order valence-corrected chi connectivity index (χ3v) is 13.0. The summed E-state index contributed by atoms with van der Waals surface area (Å²) in [4.78, 5) is 2.43. The number of rotatable bonds is 5. The Morgan fingerprint density at radius 2 is 0.847 bits per heavy atom. The van der Waals surface area contributed by atoms with Gasteiger partial charge in [0.2, 0.25) is 0 Å². The second-order valence-corrected chi connectivity index (χ2v) is 16.1. The van der Waals surface area contributed by atoms with Gasteiger partial charge in [0.05, 0.1) is 5.41 Å². The van der Waals surface area contributed by atoms with Crippen LogP contribution in [0, 0.1) is 13.8 Å². The molecule has 12 rings (SSSR count). The Morgan fingerprint density at radius 1 is 0.356 bits per heavy atom. The molecule has 1 heterocycles. The van der Waals surface area contributed by atoms with Crippen molar-refractivity contribution in [3.63, 3.8) is 0 Å². The van der Waals surface area contributed by atoms with Crippen LogP contribution in [-0.4, -0.2) is 0 Å². The lowest BCUT2D eigenvalue weighted by atomic mass is 9.70. The number of fused-ring (bicyclic) bond motifs is 13. The van der Waals surface area contributed by atoms with Gasteiger partial charge in [-0.2, -0.15) is 0 Å². The second-order valence-electron chi connectivity index (χ2n) is 16.1. The molecule has 2 aliphatic carbocycles. The van der Waals surface area contributed by atoms with Crippen molar-refractivity contribution in [2.24, 2.45) is 0 Å². The molecule has 9 aromatic carbocycles. The van der Waals surface area contributed by atoms with Gasteiger partial charge in [-0.3, -0.25) is 0 Å². The van der Waals surface area contributed by atoms with Crippen molar-refractivity contribution in [3.8, 4) is 44.5 Å². The molecule has 0 fully saturated rings. The van der Waals surface area contributed by atoms with Crippen molar-refractivity contribution in [3.05, 3.63) is 234 Å². The van der Waals surface area contributed by atoms with Crippen molar-refractivity contribution in [2.75, 3.05) is 4.90 Å². The Labute approximate surface area is 344 Å².